The van der Waals surface area contributed by atoms with Crippen molar-refractivity contribution in [3.8, 4) is 40.0 Å². The van der Waals surface area contributed by atoms with E-state index in [2.05, 4.69) is 69.9 Å². The molecule has 2 heterocycles. The van der Waals surface area contributed by atoms with Crippen molar-refractivity contribution in [3.05, 3.63) is 90.5 Å². The summed E-state index contributed by atoms with van der Waals surface area (Å²) in [7, 11) is 6.16. The van der Waals surface area contributed by atoms with E-state index in [-0.39, 0.29) is 23.1 Å². The first kappa shape index (κ1) is 53.8. The van der Waals surface area contributed by atoms with Crippen LogP contribution in [0.2, 0.25) is 0 Å². The second-order valence-electron chi connectivity index (χ2n) is 17.5. The van der Waals surface area contributed by atoms with Crippen LogP contribution >= 0.6 is 0 Å². The molecular weight excluding hydrogens is 894 g/mol. The lowest BCUT2D eigenvalue weighted by Gasteiger charge is -2.19. The molecule has 0 unspecified atom stereocenters. The van der Waals surface area contributed by atoms with E-state index in [1.807, 2.05) is 34.9 Å². The number of aryl methyl sites for hydroxylation is 2. The summed E-state index contributed by atoms with van der Waals surface area (Å²) in [5, 5.41) is 0. The van der Waals surface area contributed by atoms with Gasteiger partial charge in [0.05, 0.1) is 49.5 Å². The Bertz CT molecular complexity index is 2510. The Morgan fingerprint density at radius 2 is 0.942 bits per heavy atom. The first-order chi connectivity index (χ1) is 33.1. The number of ether oxygens (including phenoxy) is 7. The predicted molar refractivity (Wildman–Crippen MR) is 261 cm³/mol. The third-order valence-corrected chi connectivity index (χ3v) is 11.3. The van der Waals surface area contributed by atoms with Gasteiger partial charge in [-0.25, -0.2) is 9.97 Å². The Kier molecular flexibility index (Phi) is 20.7. The molecule has 0 spiro atoms. The van der Waals surface area contributed by atoms with Crippen molar-refractivity contribution < 1.29 is 55.9 Å². The van der Waals surface area contributed by atoms with E-state index in [1.165, 1.54) is 31.9 Å². The Hall–Kier alpha value is -6.13. The van der Waals surface area contributed by atoms with E-state index in [4.69, 9.17) is 28.9 Å². The minimum atomic E-state index is -4.74. The summed E-state index contributed by atoms with van der Waals surface area (Å²) in [6.45, 7) is 10.5. The number of hydrogen-bond acceptors (Lipinski definition) is 11. The van der Waals surface area contributed by atoms with Crippen LogP contribution in [0.25, 0.3) is 44.8 Å². The van der Waals surface area contributed by atoms with Gasteiger partial charge in [-0.2, -0.15) is 0 Å². The van der Waals surface area contributed by atoms with Crippen molar-refractivity contribution in [1.82, 2.24) is 19.1 Å². The summed E-state index contributed by atoms with van der Waals surface area (Å²) in [4.78, 5) is 32.1. The molecule has 0 atom stereocenters. The summed E-state index contributed by atoms with van der Waals surface area (Å²) < 4.78 is 77.4. The van der Waals surface area contributed by atoms with Crippen LogP contribution in [0, 0.1) is 0 Å². The van der Waals surface area contributed by atoms with Crippen LogP contribution in [-0.2, 0) is 47.0 Å². The molecule has 0 aliphatic rings. The molecule has 16 heteroatoms. The predicted octanol–water partition coefficient (Wildman–Crippen LogP) is 11.9. The van der Waals surface area contributed by atoms with Crippen molar-refractivity contribution in [2.75, 3.05) is 54.9 Å². The van der Waals surface area contributed by atoms with Gasteiger partial charge in [0, 0.05) is 76.6 Å². The maximum atomic E-state index is 12.5. The van der Waals surface area contributed by atoms with E-state index in [0.29, 0.717) is 63.0 Å². The smallest absolute Gasteiger partial charge is 0.494 e. The fourth-order valence-corrected chi connectivity index (χ4v) is 7.62. The average molecular weight is 961 g/mol. The first-order valence-corrected chi connectivity index (χ1v) is 23.5. The molecule has 69 heavy (non-hydrogen) atoms. The fourth-order valence-electron chi connectivity index (χ4n) is 7.62. The van der Waals surface area contributed by atoms with Gasteiger partial charge in [-0.05, 0) is 111 Å². The Morgan fingerprint density at radius 3 is 1.33 bits per heavy atom. The highest BCUT2D eigenvalue weighted by Crippen LogP contribution is 2.33. The number of benzene rings is 4. The molecule has 6 aromatic rings. The summed E-state index contributed by atoms with van der Waals surface area (Å²) >= 11 is 0. The minimum absolute atomic E-state index is 0.114. The standard InChI is InChI=1S/C28H38N2O4.C25H29F3N2O5/c1-28(2,3)22-13-11-21(12-14-22)27-29-24-16-15-23(20-25(24)30(27)17-9-18-32-4)34-19-8-6-7-10-26(31)33-5;1-32-15-6-14-30-22-17-20(34-16-5-3-4-7-23(31)33-2)12-13-21(22)29-24(30)18-8-10-19(11-9-18)35-25(26,27)28/h11-16,20H,6-10,17-19H2,1-5H3;8-13,17H,3-7,14-16H2,1-2H3. The van der Waals surface area contributed by atoms with Crippen molar-refractivity contribution in [2.45, 2.75) is 110 Å². The quantitative estimate of drug-likeness (QED) is 0.0401. The minimum Gasteiger partial charge on any atom is -0.494 e. The van der Waals surface area contributed by atoms with Crippen LogP contribution in [0.3, 0.4) is 0 Å². The molecular formula is C53H67F3N4O9. The second kappa shape index (κ2) is 26.6. The van der Waals surface area contributed by atoms with E-state index in [1.54, 1.807) is 26.4 Å². The molecule has 0 N–H and O–H groups in total. The maximum Gasteiger partial charge on any atom is 0.573 e. The Balaban J connectivity index is 0.000000258. The molecule has 0 amide bonds. The normalized spacial score (nSPS) is 11.6. The fraction of sp³-hybridized carbons (Fsp3) is 0.472. The van der Waals surface area contributed by atoms with Gasteiger partial charge in [-0.3, -0.25) is 9.59 Å². The number of carbonyl (C=O) groups excluding carboxylic acids is 2. The molecule has 374 valence electrons. The van der Waals surface area contributed by atoms with E-state index >= 15 is 0 Å². The zero-order valence-electron chi connectivity index (χ0n) is 41.0. The highest BCUT2D eigenvalue weighted by atomic mass is 19.4. The highest BCUT2D eigenvalue weighted by molar-refractivity contribution is 5.83. The lowest BCUT2D eigenvalue weighted by molar-refractivity contribution is -0.274. The molecule has 6 rings (SSSR count). The first-order valence-electron chi connectivity index (χ1n) is 23.5. The largest absolute Gasteiger partial charge is 0.573 e. The van der Waals surface area contributed by atoms with Crippen molar-refractivity contribution >= 4 is 34.0 Å². The van der Waals surface area contributed by atoms with Crippen LogP contribution < -0.4 is 14.2 Å². The van der Waals surface area contributed by atoms with Crippen LogP contribution in [0.1, 0.15) is 90.5 Å². The number of esters is 2. The number of aromatic nitrogens is 4. The Morgan fingerprint density at radius 1 is 0.522 bits per heavy atom. The number of methoxy groups -OCH3 is 4. The van der Waals surface area contributed by atoms with Gasteiger partial charge in [0.25, 0.3) is 0 Å². The van der Waals surface area contributed by atoms with Crippen molar-refractivity contribution in [3.63, 3.8) is 0 Å². The second-order valence-corrected chi connectivity index (χ2v) is 17.5. The molecule has 0 aliphatic heterocycles. The molecule has 2 aromatic heterocycles. The molecule has 0 fully saturated rings. The number of unbranched alkanes of at least 4 members (excludes halogenated alkanes) is 4. The molecule has 0 radical (unpaired) electrons. The van der Waals surface area contributed by atoms with Gasteiger partial charge in [-0.15, -0.1) is 13.2 Å². The third-order valence-electron chi connectivity index (χ3n) is 11.3. The van der Waals surface area contributed by atoms with Gasteiger partial charge in [0.15, 0.2) is 0 Å². The number of carbonyl (C=O) groups is 2. The maximum absolute atomic E-state index is 12.5. The van der Waals surface area contributed by atoms with E-state index in [9.17, 15) is 22.8 Å². The third kappa shape index (κ3) is 16.8. The zero-order valence-corrected chi connectivity index (χ0v) is 41.0. The van der Waals surface area contributed by atoms with Crippen LogP contribution in [0.5, 0.6) is 17.2 Å². The molecule has 4 aromatic carbocycles. The number of hydrogen-bond donors (Lipinski definition) is 0. The summed E-state index contributed by atoms with van der Waals surface area (Å²) in [5.41, 5.74) is 6.82. The molecule has 0 saturated heterocycles. The summed E-state index contributed by atoms with van der Waals surface area (Å²) in [6.07, 6.45) is 2.80. The Labute approximate surface area is 403 Å². The highest BCUT2D eigenvalue weighted by Gasteiger charge is 2.31. The van der Waals surface area contributed by atoms with Gasteiger partial charge in [0.2, 0.25) is 0 Å². The lowest BCUT2D eigenvalue weighted by atomic mass is 9.87. The topological polar surface area (TPSA) is 134 Å². The van der Waals surface area contributed by atoms with Crippen LogP contribution in [0.4, 0.5) is 13.2 Å². The summed E-state index contributed by atoms with van der Waals surface area (Å²) in [6, 6.07) is 26.1. The SMILES string of the molecule is COCCCn1c(-c2ccc(C(C)(C)C)cc2)nc2ccc(OCCCCCC(=O)OC)cc21.COCCCn1c(-c2ccc(OC(F)(F)F)cc2)nc2ccc(OCCCCCC(=O)OC)cc21. The summed E-state index contributed by atoms with van der Waals surface area (Å²) in [5.74, 6) is 2.47. The zero-order chi connectivity index (χ0) is 49.8. The number of alkyl halides is 3. The van der Waals surface area contributed by atoms with Crippen molar-refractivity contribution in [2.24, 2.45) is 0 Å². The number of fused-ring (bicyclic) bond motifs is 2. The molecule has 0 saturated carbocycles. The van der Waals surface area contributed by atoms with E-state index < -0.39 is 6.36 Å². The number of nitrogens with zero attached hydrogens (tertiary/aromatic N) is 4. The van der Waals surface area contributed by atoms with Crippen LogP contribution in [0.15, 0.2) is 84.9 Å². The van der Waals surface area contributed by atoms with Crippen molar-refractivity contribution in [1.29, 1.82) is 0 Å². The van der Waals surface area contributed by atoms with E-state index in [0.717, 1.165) is 97.1 Å². The number of imidazole rings is 2. The van der Waals surface area contributed by atoms with Gasteiger partial charge in [0.1, 0.15) is 28.9 Å². The van der Waals surface area contributed by atoms with Gasteiger partial charge < -0.3 is 42.3 Å². The molecule has 0 aliphatic carbocycles. The van der Waals surface area contributed by atoms with Gasteiger partial charge >= 0.3 is 18.3 Å². The van der Waals surface area contributed by atoms with Crippen LogP contribution in [-0.4, -0.2) is 92.3 Å². The average Bonchev–Trinajstić information content (AvgIpc) is 3.88. The number of rotatable bonds is 25. The lowest BCUT2D eigenvalue weighted by Crippen LogP contribution is -2.17. The molecule has 13 nitrogen and oxygen atoms in total. The molecule has 0 bridgehead atoms. The monoisotopic (exact) mass is 960 g/mol. The number of halogens is 3. The van der Waals surface area contributed by atoms with Gasteiger partial charge in [-0.1, -0.05) is 45.0 Å².